The molecule has 0 bridgehead atoms. The van der Waals surface area contributed by atoms with E-state index >= 15 is 0 Å². The van der Waals surface area contributed by atoms with E-state index in [-0.39, 0.29) is 0 Å². The monoisotopic (exact) mass is 284 g/mol. The molecule has 1 atom stereocenters. The van der Waals surface area contributed by atoms with Gasteiger partial charge in [0.2, 0.25) is 0 Å². The third kappa shape index (κ3) is 2.81. The Bertz CT molecular complexity index is 617. The maximum absolute atomic E-state index is 12.4. The molecule has 0 fully saturated rings. The van der Waals surface area contributed by atoms with Crippen LogP contribution in [0.15, 0.2) is 30.3 Å². The van der Waals surface area contributed by atoms with E-state index in [0.717, 1.165) is 12.1 Å². The summed E-state index contributed by atoms with van der Waals surface area (Å²) in [4.78, 5) is 10.8. The standard InChI is InChI=1S/C13H11F3N2O2/c1-7(12(19)20)10-6-11(18-17-10)8-2-4-9(5-3-8)13(14,15)16/h2-7H,1H3,(H,17,18)(H,19,20). The van der Waals surface area contributed by atoms with Crippen LogP contribution in [0.25, 0.3) is 11.3 Å². The summed E-state index contributed by atoms with van der Waals surface area (Å²) in [5, 5.41) is 15.4. The highest BCUT2D eigenvalue weighted by Crippen LogP contribution is 2.31. The quantitative estimate of drug-likeness (QED) is 0.909. The van der Waals surface area contributed by atoms with E-state index in [2.05, 4.69) is 10.2 Å². The highest BCUT2D eigenvalue weighted by atomic mass is 19.4. The van der Waals surface area contributed by atoms with Gasteiger partial charge in [-0.3, -0.25) is 9.89 Å². The summed E-state index contributed by atoms with van der Waals surface area (Å²) >= 11 is 0. The lowest BCUT2D eigenvalue weighted by Crippen LogP contribution is -2.07. The van der Waals surface area contributed by atoms with Gasteiger partial charge in [-0.15, -0.1) is 0 Å². The molecule has 1 aromatic carbocycles. The molecule has 0 aliphatic heterocycles. The largest absolute Gasteiger partial charge is 0.481 e. The van der Waals surface area contributed by atoms with Gasteiger partial charge in [0, 0.05) is 11.3 Å². The topological polar surface area (TPSA) is 66.0 Å². The Balaban J connectivity index is 2.27. The van der Waals surface area contributed by atoms with Crippen LogP contribution in [-0.2, 0) is 11.0 Å². The molecular weight excluding hydrogens is 273 g/mol. The summed E-state index contributed by atoms with van der Waals surface area (Å²) < 4.78 is 37.3. The second-order valence-corrected chi connectivity index (χ2v) is 4.34. The Hall–Kier alpha value is -2.31. The molecule has 0 spiro atoms. The van der Waals surface area contributed by atoms with E-state index < -0.39 is 23.6 Å². The summed E-state index contributed by atoms with van der Waals surface area (Å²) in [5.41, 5.74) is 0.545. The van der Waals surface area contributed by atoms with Crippen molar-refractivity contribution in [2.45, 2.75) is 19.0 Å². The Morgan fingerprint density at radius 2 is 1.90 bits per heavy atom. The first-order valence-electron chi connectivity index (χ1n) is 5.75. The van der Waals surface area contributed by atoms with Crippen molar-refractivity contribution >= 4 is 5.97 Å². The van der Waals surface area contributed by atoms with Crippen LogP contribution in [0.1, 0.15) is 24.1 Å². The van der Waals surface area contributed by atoms with Gasteiger partial charge in [-0.05, 0) is 25.1 Å². The third-order valence-corrected chi connectivity index (χ3v) is 2.94. The van der Waals surface area contributed by atoms with E-state index in [0.29, 0.717) is 17.0 Å². The van der Waals surface area contributed by atoms with E-state index in [1.54, 1.807) is 0 Å². The molecule has 0 aliphatic carbocycles. The predicted molar refractivity (Wildman–Crippen MR) is 65.1 cm³/mol. The van der Waals surface area contributed by atoms with Crippen molar-refractivity contribution in [2.24, 2.45) is 0 Å². The van der Waals surface area contributed by atoms with Crippen LogP contribution < -0.4 is 0 Å². The molecule has 0 saturated carbocycles. The number of benzene rings is 1. The molecule has 0 aliphatic rings. The smallest absolute Gasteiger partial charge is 0.416 e. The Kier molecular flexibility index (Phi) is 3.52. The highest BCUT2D eigenvalue weighted by molar-refractivity contribution is 5.75. The van der Waals surface area contributed by atoms with Crippen LogP contribution in [0.2, 0.25) is 0 Å². The molecule has 0 radical (unpaired) electrons. The van der Waals surface area contributed by atoms with Gasteiger partial charge in [-0.1, -0.05) is 12.1 Å². The fraction of sp³-hybridized carbons (Fsp3) is 0.231. The van der Waals surface area contributed by atoms with Crippen molar-refractivity contribution in [2.75, 3.05) is 0 Å². The van der Waals surface area contributed by atoms with Crippen molar-refractivity contribution in [1.82, 2.24) is 10.2 Å². The molecule has 0 amide bonds. The zero-order chi connectivity index (χ0) is 14.9. The highest BCUT2D eigenvalue weighted by Gasteiger charge is 2.30. The van der Waals surface area contributed by atoms with Gasteiger partial charge in [0.1, 0.15) is 0 Å². The Morgan fingerprint density at radius 3 is 2.40 bits per heavy atom. The fourth-order valence-electron chi connectivity index (χ4n) is 1.67. The van der Waals surface area contributed by atoms with Crippen LogP contribution in [0.5, 0.6) is 0 Å². The number of carboxylic acids is 1. The number of aromatic amines is 1. The minimum atomic E-state index is -4.38. The predicted octanol–water partition coefficient (Wildman–Crippen LogP) is 3.28. The number of halogens is 3. The van der Waals surface area contributed by atoms with Gasteiger partial charge in [-0.2, -0.15) is 18.3 Å². The number of hydrogen-bond acceptors (Lipinski definition) is 2. The SMILES string of the molecule is CC(C(=O)O)c1cc(-c2ccc(C(F)(F)F)cc2)n[nH]1. The van der Waals surface area contributed by atoms with E-state index in [4.69, 9.17) is 5.11 Å². The number of hydrogen-bond donors (Lipinski definition) is 2. The van der Waals surface area contributed by atoms with Crippen molar-refractivity contribution < 1.29 is 23.1 Å². The maximum Gasteiger partial charge on any atom is 0.416 e. The van der Waals surface area contributed by atoms with Gasteiger partial charge >= 0.3 is 12.1 Å². The lowest BCUT2D eigenvalue weighted by Gasteiger charge is -2.06. The zero-order valence-electron chi connectivity index (χ0n) is 10.4. The molecule has 1 aromatic heterocycles. The Labute approximate surface area is 112 Å². The molecule has 4 nitrogen and oxygen atoms in total. The normalized spacial score (nSPS) is 13.2. The van der Waals surface area contributed by atoms with Crippen LogP contribution in [0.4, 0.5) is 13.2 Å². The van der Waals surface area contributed by atoms with E-state index in [9.17, 15) is 18.0 Å². The summed E-state index contributed by atoms with van der Waals surface area (Å²) in [6.07, 6.45) is -4.38. The number of nitrogens with zero attached hydrogens (tertiary/aromatic N) is 1. The number of aromatic nitrogens is 2. The Morgan fingerprint density at radius 1 is 1.30 bits per heavy atom. The third-order valence-electron chi connectivity index (χ3n) is 2.94. The summed E-state index contributed by atoms with van der Waals surface area (Å²) in [6, 6.07) is 6.04. The van der Waals surface area contributed by atoms with Gasteiger partial charge in [0.05, 0.1) is 17.2 Å². The molecule has 106 valence electrons. The molecule has 1 heterocycles. The number of carboxylic acid groups (broad SMARTS) is 1. The molecular formula is C13H11F3N2O2. The second-order valence-electron chi connectivity index (χ2n) is 4.34. The second kappa shape index (κ2) is 4.99. The average Bonchev–Trinajstić information content (AvgIpc) is 2.86. The molecule has 1 unspecified atom stereocenters. The number of H-pyrrole nitrogens is 1. The minimum Gasteiger partial charge on any atom is -0.481 e. The summed E-state index contributed by atoms with van der Waals surface area (Å²) in [6.45, 7) is 1.49. The first-order chi connectivity index (χ1) is 9.29. The number of carbonyl (C=O) groups is 1. The first kappa shape index (κ1) is 14.1. The first-order valence-corrected chi connectivity index (χ1v) is 5.75. The molecule has 2 rings (SSSR count). The van der Waals surface area contributed by atoms with Crippen LogP contribution >= 0.6 is 0 Å². The minimum absolute atomic E-state index is 0.396. The number of alkyl halides is 3. The maximum atomic E-state index is 12.4. The molecule has 0 saturated heterocycles. The molecule has 2 aromatic rings. The van der Waals surface area contributed by atoms with Gasteiger partial charge < -0.3 is 5.11 Å². The zero-order valence-corrected chi connectivity index (χ0v) is 10.4. The van der Waals surface area contributed by atoms with Crippen LogP contribution in [0.3, 0.4) is 0 Å². The van der Waals surface area contributed by atoms with Crippen molar-refractivity contribution in [3.05, 3.63) is 41.6 Å². The lowest BCUT2D eigenvalue weighted by molar-refractivity contribution is -0.139. The van der Waals surface area contributed by atoms with E-state index in [1.165, 1.54) is 25.1 Å². The summed E-state index contributed by atoms with van der Waals surface area (Å²) in [5.74, 6) is -1.77. The van der Waals surface area contributed by atoms with Crippen molar-refractivity contribution in [1.29, 1.82) is 0 Å². The molecule has 20 heavy (non-hydrogen) atoms. The van der Waals surface area contributed by atoms with E-state index in [1.807, 2.05) is 0 Å². The van der Waals surface area contributed by atoms with Crippen LogP contribution in [-0.4, -0.2) is 21.3 Å². The average molecular weight is 284 g/mol. The van der Waals surface area contributed by atoms with Crippen LogP contribution in [0, 0.1) is 0 Å². The number of rotatable bonds is 3. The van der Waals surface area contributed by atoms with Gasteiger partial charge in [0.25, 0.3) is 0 Å². The van der Waals surface area contributed by atoms with Gasteiger partial charge in [-0.25, -0.2) is 0 Å². The number of nitrogens with one attached hydrogen (secondary N) is 1. The lowest BCUT2D eigenvalue weighted by atomic mass is 10.1. The summed E-state index contributed by atoms with van der Waals surface area (Å²) in [7, 11) is 0. The fourth-order valence-corrected chi connectivity index (χ4v) is 1.67. The molecule has 2 N–H and O–H groups in total. The van der Waals surface area contributed by atoms with Crippen molar-refractivity contribution in [3.8, 4) is 11.3 Å². The number of aliphatic carboxylic acids is 1. The molecule has 7 heteroatoms. The van der Waals surface area contributed by atoms with Gasteiger partial charge in [0.15, 0.2) is 0 Å². The van der Waals surface area contributed by atoms with Crippen molar-refractivity contribution in [3.63, 3.8) is 0 Å².